The van der Waals surface area contributed by atoms with Gasteiger partial charge in [0.2, 0.25) is 0 Å². The second kappa shape index (κ2) is 6.53. The van der Waals surface area contributed by atoms with Crippen molar-refractivity contribution in [3.05, 3.63) is 30.5 Å². The van der Waals surface area contributed by atoms with E-state index in [1.807, 2.05) is 34.5 Å². The number of hydrogen-bond acceptors (Lipinski definition) is 4. The van der Waals surface area contributed by atoms with Gasteiger partial charge >= 0.3 is 6.03 Å². The number of nitrogens with one attached hydrogen (secondary N) is 1. The third-order valence-corrected chi connectivity index (χ3v) is 5.93. The zero-order valence-corrected chi connectivity index (χ0v) is 15.5. The number of piperidine rings is 1. The summed E-state index contributed by atoms with van der Waals surface area (Å²) < 4.78 is 7.56. The maximum absolute atomic E-state index is 13.0. The van der Waals surface area contributed by atoms with Crippen LogP contribution in [0.1, 0.15) is 25.1 Å². The Hall–Kier alpha value is -2.61. The van der Waals surface area contributed by atoms with Crippen molar-refractivity contribution in [1.29, 1.82) is 0 Å². The molecule has 8 heteroatoms. The number of carbonyl (C=O) groups is 1. The van der Waals surface area contributed by atoms with E-state index in [-0.39, 0.29) is 11.9 Å². The van der Waals surface area contributed by atoms with E-state index in [0.717, 1.165) is 35.5 Å². The molecular weight excluding hydrogens is 344 g/mol. The predicted octanol–water partition coefficient (Wildman–Crippen LogP) is 2.09. The largest absolute Gasteiger partial charge is 0.378 e. The van der Waals surface area contributed by atoms with Crippen molar-refractivity contribution in [2.75, 3.05) is 39.4 Å². The topological polar surface area (TPSA) is 78.8 Å². The van der Waals surface area contributed by atoms with Crippen LogP contribution in [0.3, 0.4) is 0 Å². The fourth-order valence-electron chi connectivity index (χ4n) is 4.30. The van der Waals surface area contributed by atoms with Crippen molar-refractivity contribution < 1.29 is 9.53 Å². The Kier molecular flexibility index (Phi) is 4.00. The van der Waals surface area contributed by atoms with Gasteiger partial charge in [-0.1, -0.05) is 6.92 Å². The molecule has 5 rings (SSSR count). The maximum Gasteiger partial charge on any atom is 0.320 e. The van der Waals surface area contributed by atoms with Gasteiger partial charge in [0.1, 0.15) is 5.82 Å². The van der Waals surface area contributed by atoms with Crippen molar-refractivity contribution in [1.82, 2.24) is 29.2 Å². The number of urea groups is 1. The molecule has 5 heterocycles. The van der Waals surface area contributed by atoms with Crippen LogP contribution in [0.2, 0.25) is 0 Å². The monoisotopic (exact) mass is 368 g/mol. The smallest absolute Gasteiger partial charge is 0.320 e. The number of aromatic nitrogens is 4. The molecule has 27 heavy (non-hydrogen) atoms. The molecule has 0 radical (unpaired) electrons. The van der Waals surface area contributed by atoms with Gasteiger partial charge in [-0.05, 0) is 18.4 Å². The number of morpholine rings is 1. The summed E-state index contributed by atoms with van der Waals surface area (Å²) >= 11 is 0. The molecular formula is C19H24N6O2. The summed E-state index contributed by atoms with van der Waals surface area (Å²) in [4.78, 5) is 29.2. The summed E-state index contributed by atoms with van der Waals surface area (Å²) in [7, 11) is 0. The summed E-state index contributed by atoms with van der Waals surface area (Å²) in [5.41, 5.74) is 2.87. The van der Waals surface area contributed by atoms with Gasteiger partial charge in [0.05, 0.1) is 36.6 Å². The van der Waals surface area contributed by atoms with E-state index in [0.29, 0.717) is 38.8 Å². The quantitative estimate of drug-likeness (QED) is 0.713. The molecule has 0 saturated carbocycles. The first-order valence-corrected chi connectivity index (χ1v) is 9.63. The first kappa shape index (κ1) is 16.6. The Morgan fingerprint density at radius 2 is 2.00 bits per heavy atom. The molecule has 1 N–H and O–H groups in total. The van der Waals surface area contributed by atoms with Crippen molar-refractivity contribution in [2.45, 2.75) is 19.3 Å². The Labute approximate surface area is 157 Å². The van der Waals surface area contributed by atoms with Crippen molar-refractivity contribution >= 4 is 22.7 Å². The highest BCUT2D eigenvalue weighted by atomic mass is 16.5. The summed E-state index contributed by atoms with van der Waals surface area (Å²) in [6, 6.07) is 2.16. The van der Waals surface area contributed by atoms with Crippen LogP contribution in [-0.2, 0) is 4.74 Å². The number of imidazole rings is 1. The van der Waals surface area contributed by atoms with Gasteiger partial charge in [-0.25, -0.2) is 14.8 Å². The number of hydrogen-bond donors (Lipinski definition) is 1. The lowest BCUT2D eigenvalue weighted by Crippen LogP contribution is -2.51. The minimum Gasteiger partial charge on any atom is -0.378 e. The Balaban J connectivity index is 1.47. The van der Waals surface area contributed by atoms with Crippen molar-refractivity contribution in [3.63, 3.8) is 0 Å². The number of ether oxygens (including phenoxy) is 1. The summed E-state index contributed by atoms with van der Waals surface area (Å²) in [5, 5.41) is 0. The highest BCUT2D eigenvalue weighted by molar-refractivity contribution is 5.76. The Bertz CT molecular complexity index is 973. The lowest BCUT2D eigenvalue weighted by molar-refractivity contribution is 0.0388. The van der Waals surface area contributed by atoms with E-state index in [9.17, 15) is 4.79 Å². The third-order valence-electron chi connectivity index (χ3n) is 5.93. The first-order valence-electron chi connectivity index (χ1n) is 9.63. The molecule has 2 amide bonds. The van der Waals surface area contributed by atoms with Crippen LogP contribution in [0.15, 0.2) is 24.7 Å². The highest BCUT2D eigenvalue weighted by Crippen LogP contribution is 2.33. The molecule has 2 saturated heterocycles. The maximum atomic E-state index is 13.0. The molecule has 2 unspecified atom stereocenters. The fourth-order valence-corrected chi connectivity index (χ4v) is 4.30. The van der Waals surface area contributed by atoms with Gasteiger partial charge in [0.25, 0.3) is 0 Å². The number of rotatable bonds is 1. The molecule has 3 aromatic heterocycles. The second-order valence-electron chi connectivity index (χ2n) is 7.55. The van der Waals surface area contributed by atoms with Crippen LogP contribution in [0.4, 0.5) is 4.79 Å². The SMILES string of the molecule is CC1CCN(C(=O)N2CCOCC2)CC1c1ncc2cnc3[nH]ccc3n12. The van der Waals surface area contributed by atoms with Crippen LogP contribution in [0.25, 0.3) is 16.7 Å². The van der Waals surface area contributed by atoms with Crippen LogP contribution < -0.4 is 0 Å². The first-order chi connectivity index (χ1) is 13.2. The number of carbonyl (C=O) groups excluding carboxylic acids is 1. The molecule has 8 nitrogen and oxygen atoms in total. The highest BCUT2D eigenvalue weighted by Gasteiger charge is 2.34. The lowest BCUT2D eigenvalue weighted by Gasteiger charge is -2.39. The van der Waals surface area contributed by atoms with E-state index in [1.165, 1.54) is 0 Å². The third kappa shape index (κ3) is 2.75. The number of amides is 2. The van der Waals surface area contributed by atoms with E-state index in [2.05, 4.69) is 21.3 Å². The van der Waals surface area contributed by atoms with E-state index < -0.39 is 0 Å². The van der Waals surface area contributed by atoms with Gasteiger partial charge in [0.15, 0.2) is 5.65 Å². The zero-order chi connectivity index (χ0) is 18.4. The summed E-state index contributed by atoms with van der Waals surface area (Å²) in [6.07, 6.45) is 6.61. The van der Waals surface area contributed by atoms with Crippen LogP contribution in [0.5, 0.6) is 0 Å². The van der Waals surface area contributed by atoms with E-state index >= 15 is 0 Å². The molecule has 142 valence electrons. The summed E-state index contributed by atoms with van der Waals surface area (Å²) in [5.74, 6) is 1.68. The van der Waals surface area contributed by atoms with Gasteiger partial charge in [-0.2, -0.15) is 0 Å². The van der Waals surface area contributed by atoms with Crippen molar-refractivity contribution in [3.8, 4) is 0 Å². The fraction of sp³-hybridized carbons (Fsp3) is 0.526. The average molecular weight is 368 g/mol. The molecule has 2 atom stereocenters. The molecule has 0 aromatic carbocycles. The molecule has 0 spiro atoms. The van der Waals surface area contributed by atoms with E-state index in [1.54, 1.807) is 0 Å². The molecule has 2 aliphatic heterocycles. The minimum absolute atomic E-state index is 0.129. The normalized spacial score (nSPS) is 24.0. The number of H-pyrrole nitrogens is 1. The van der Waals surface area contributed by atoms with Gasteiger partial charge in [-0.3, -0.25) is 4.40 Å². The van der Waals surface area contributed by atoms with Crippen LogP contribution in [-0.4, -0.2) is 74.6 Å². The number of nitrogens with zero attached hydrogens (tertiary/aromatic N) is 5. The molecule has 2 fully saturated rings. The Morgan fingerprint density at radius 1 is 1.19 bits per heavy atom. The molecule has 3 aromatic rings. The second-order valence-corrected chi connectivity index (χ2v) is 7.55. The lowest BCUT2D eigenvalue weighted by atomic mass is 9.86. The number of aromatic amines is 1. The van der Waals surface area contributed by atoms with Gasteiger partial charge in [0, 0.05) is 38.3 Å². The summed E-state index contributed by atoms with van der Waals surface area (Å²) in [6.45, 7) is 6.38. The van der Waals surface area contributed by atoms with Gasteiger partial charge in [-0.15, -0.1) is 0 Å². The van der Waals surface area contributed by atoms with Crippen LogP contribution in [0, 0.1) is 5.92 Å². The molecule has 0 bridgehead atoms. The molecule has 2 aliphatic rings. The standard InChI is InChI=1S/C19H24N6O2/c1-13-3-5-24(19(26)23-6-8-27-9-7-23)12-15(13)18-22-11-14-10-21-17-16(25(14)18)2-4-20-17/h2,4,10-11,13,15,20H,3,5-9,12H2,1H3. The molecule has 0 aliphatic carbocycles. The zero-order valence-electron chi connectivity index (χ0n) is 15.5. The number of likely N-dealkylation sites (tertiary alicyclic amines) is 1. The van der Waals surface area contributed by atoms with Gasteiger partial charge < -0.3 is 19.5 Å². The minimum atomic E-state index is 0.129. The average Bonchev–Trinajstić information content (AvgIpc) is 3.35. The van der Waals surface area contributed by atoms with Crippen molar-refractivity contribution in [2.24, 2.45) is 5.92 Å². The van der Waals surface area contributed by atoms with E-state index in [4.69, 9.17) is 9.72 Å². The van der Waals surface area contributed by atoms with Crippen LogP contribution >= 0.6 is 0 Å². The Morgan fingerprint density at radius 3 is 2.85 bits per heavy atom. The predicted molar refractivity (Wildman–Crippen MR) is 101 cm³/mol. The number of fused-ring (bicyclic) bond motifs is 3.